The maximum Gasteiger partial charge on any atom is 0.336 e. The third-order valence-corrected chi connectivity index (χ3v) is 2.54. The van der Waals surface area contributed by atoms with Crippen LogP contribution in [0.2, 0.25) is 0 Å². The van der Waals surface area contributed by atoms with E-state index in [-0.39, 0.29) is 12.1 Å². The van der Waals surface area contributed by atoms with Crippen molar-refractivity contribution in [3.63, 3.8) is 0 Å². The topological polar surface area (TPSA) is 78.4 Å². The first-order chi connectivity index (χ1) is 7.56. The lowest BCUT2D eigenvalue weighted by Gasteiger charge is -2.23. The van der Waals surface area contributed by atoms with E-state index in [1.54, 1.807) is 0 Å². The van der Waals surface area contributed by atoms with Crippen LogP contribution in [0.4, 0.5) is 9.18 Å². The second kappa shape index (κ2) is 3.48. The quantitative estimate of drug-likeness (QED) is 0.681. The summed E-state index contributed by atoms with van der Waals surface area (Å²) in [5.41, 5.74) is -1.77. The van der Waals surface area contributed by atoms with Crippen molar-refractivity contribution in [2.75, 3.05) is 6.54 Å². The summed E-state index contributed by atoms with van der Waals surface area (Å²) in [4.78, 5) is 22.2. The van der Waals surface area contributed by atoms with Gasteiger partial charge < -0.3 is 15.7 Å². The molecule has 1 unspecified atom stereocenters. The molecule has 1 atom stereocenters. The van der Waals surface area contributed by atoms with Crippen LogP contribution < -0.4 is 10.6 Å². The van der Waals surface area contributed by atoms with Crippen LogP contribution in [0, 0.1) is 5.82 Å². The summed E-state index contributed by atoms with van der Waals surface area (Å²) >= 11 is 0. The van der Waals surface area contributed by atoms with E-state index in [1.165, 1.54) is 18.2 Å². The van der Waals surface area contributed by atoms with E-state index in [9.17, 15) is 14.0 Å². The molecule has 1 fully saturated rings. The summed E-state index contributed by atoms with van der Waals surface area (Å²) in [5.74, 6) is -1.95. The summed E-state index contributed by atoms with van der Waals surface area (Å²) in [5, 5.41) is 13.7. The Hall–Kier alpha value is -2.11. The van der Waals surface area contributed by atoms with Crippen LogP contribution in [0.5, 0.6) is 0 Å². The SMILES string of the molecule is O=C1NCC(C(=O)O)(c2ccccc2F)N1. The molecule has 3 N–H and O–H groups in total. The number of halogens is 1. The van der Waals surface area contributed by atoms with Crippen LogP contribution in [-0.4, -0.2) is 23.7 Å². The van der Waals surface area contributed by atoms with Gasteiger partial charge in [-0.25, -0.2) is 14.0 Å². The molecule has 0 aromatic heterocycles. The van der Waals surface area contributed by atoms with E-state index in [4.69, 9.17) is 5.11 Å². The molecule has 1 aliphatic heterocycles. The van der Waals surface area contributed by atoms with Gasteiger partial charge in [-0.2, -0.15) is 0 Å². The van der Waals surface area contributed by atoms with Crippen molar-refractivity contribution in [3.8, 4) is 0 Å². The Bertz CT molecular complexity index is 463. The predicted octanol–water partition coefficient (Wildman–Crippen LogP) is 0.418. The molecular formula is C10H9FN2O3. The molecule has 6 heteroatoms. The van der Waals surface area contributed by atoms with Crippen molar-refractivity contribution < 1.29 is 19.1 Å². The summed E-state index contributed by atoms with van der Waals surface area (Å²) < 4.78 is 13.5. The molecule has 16 heavy (non-hydrogen) atoms. The van der Waals surface area contributed by atoms with E-state index >= 15 is 0 Å². The number of rotatable bonds is 2. The fourth-order valence-corrected chi connectivity index (χ4v) is 1.71. The highest BCUT2D eigenvalue weighted by molar-refractivity contribution is 5.91. The number of carboxylic acids is 1. The van der Waals surface area contributed by atoms with Gasteiger partial charge in [-0.3, -0.25) is 0 Å². The number of carboxylic acid groups (broad SMARTS) is 1. The smallest absolute Gasteiger partial charge is 0.336 e. The number of urea groups is 1. The molecule has 0 aliphatic carbocycles. The van der Waals surface area contributed by atoms with E-state index in [0.717, 1.165) is 6.07 Å². The Morgan fingerprint density at radius 1 is 1.44 bits per heavy atom. The number of aliphatic carboxylic acids is 1. The van der Waals surface area contributed by atoms with Gasteiger partial charge in [0.25, 0.3) is 0 Å². The van der Waals surface area contributed by atoms with Gasteiger partial charge in [-0.05, 0) is 6.07 Å². The molecule has 1 aromatic rings. The number of hydrogen-bond acceptors (Lipinski definition) is 2. The maximum absolute atomic E-state index is 13.5. The van der Waals surface area contributed by atoms with Gasteiger partial charge in [0, 0.05) is 5.56 Å². The second-order valence-electron chi connectivity index (χ2n) is 3.50. The lowest BCUT2D eigenvalue weighted by atomic mass is 9.90. The van der Waals surface area contributed by atoms with Gasteiger partial charge in [0.15, 0.2) is 5.54 Å². The summed E-state index contributed by atoms with van der Waals surface area (Å²) in [6, 6.07) is 4.86. The molecular weight excluding hydrogens is 215 g/mol. The lowest BCUT2D eigenvalue weighted by molar-refractivity contribution is -0.144. The molecule has 0 bridgehead atoms. The number of hydrogen-bond donors (Lipinski definition) is 3. The minimum absolute atomic E-state index is 0.0548. The van der Waals surface area contributed by atoms with Crippen molar-refractivity contribution in [3.05, 3.63) is 35.6 Å². The van der Waals surface area contributed by atoms with E-state index in [2.05, 4.69) is 10.6 Å². The summed E-state index contributed by atoms with van der Waals surface area (Å²) in [6.07, 6.45) is 0. The van der Waals surface area contributed by atoms with E-state index < -0.39 is 23.4 Å². The average Bonchev–Trinajstić information content (AvgIpc) is 2.62. The van der Waals surface area contributed by atoms with Gasteiger partial charge in [-0.1, -0.05) is 18.2 Å². The minimum Gasteiger partial charge on any atom is -0.479 e. The third-order valence-electron chi connectivity index (χ3n) is 2.54. The molecule has 1 heterocycles. The highest BCUT2D eigenvalue weighted by Gasteiger charge is 2.48. The van der Waals surface area contributed by atoms with Gasteiger partial charge in [0.2, 0.25) is 0 Å². The molecule has 0 saturated carbocycles. The van der Waals surface area contributed by atoms with Crippen molar-refractivity contribution in [2.45, 2.75) is 5.54 Å². The normalized spacial score (nSPS) is 23.7. The van der Waals surface area contributed by atoms with Crippen LogP contribution in [-0.2, 0) is 10.3 Å². The Balaban J connectivity index is 2.53. The van der Waals surface area contributed by atoms with Gasteiger partial charge in [-0.15, -0.1) is 0 Å². The van der Waals surface area contributed by atoms with E-state index in [1.807, 2.05) is 0 Å². The van der Waals surface area contributed by atoms with Crippen LogP contribution in [0.1, 0.15) is 5.56 Å². The summed E-state index contributed by atoms with van der Waals surface area (Å²) in [7, 11) is 0. The Morgan fingerprint density at radius 2 is 2.12 bits per heavy atom. The average molecular weight is 224 g/mol. The monoisotopic (exact) mass is 224 g/mol. The van der Waals surface area contributed by atoms with Crippen molar-refractivity contribution >= 4 is 12.0 Å². The largest absolute Gasteiger partial charge is 0.479 e. The maximum atomic E-state index is 13.5. The van der Waals surface area contributed by atoms with Crippen molar-refractivity contribution in [1.82, 2.24) is 10.6 Å². The number of carbonyl (C=O) groups excluding carboxylic acids is 1. The molecule has 1 aromatic carbocycles. The number of carbonyl (C=O) groups is 2. The Kier molecular flexibility index (Phi) is 2.26. The number of amides is 2. The summed E-state index contributed by atoms with van der Waals surface area (Å²) in [6.45, 7) is -0.178. The van der Waals surface area contributed by atoms with Gasteiger partial charge >= 0.3 is 12.0 Å². The first-order valence-corrected chi connectivity index (χ1v) is 4.61. The highest BCUT2D eigenvalue weighted by atomic mass is 19.1. The number of nitrogens with one attached hydrogen (secondary N) is 2. The highest BCUT2D eigenvalue weighted by Crippen LogP contribution is 2.26. The first-order valence-electron chi connectivity index (χ1n) is 4.61. The van der Waals surface area contributed by atoms with Crippen LogP contribution in [0.15, 0.2) is 24.3 Å². The second-order valence-corrected chi connectivity index (χ2v) is 3.50. The van der Waals surface area contributed by atoms with Gasteiger partial charge in [0.1, 0.15) is 5.82 Å². The first kappa shape index (κ1) is 10.4. The zero-order valence-electron chi connectivity index (χ0n) is 8.16. The molecule has 5 nitrogen and oxygen atoms in total. The Labute approximate surface area is 90.3 Å². The molecule has 2 amide bonds. The molecule has 84 valence electrons. The van der Waals surface area contributed by atoms with E-state index in [0.29, 0.717) is 0 Å². The lowest BCUT2D eigenvalue weighted by Crippen LogP contribution is -2.48. The third kappa shape index (κ3) is 1.39. The predicted molar refractivity (Wildman–Crippen MR) is 52.2 cm³/mol. The van der Waals surface area contributed by atoms with Gasteiger partial charge in [0.05, 0.1) is 6.54 Å². The minimum atomic E-state index is -1.72. The van der Waals surface area contributed by atoms with Crippen LogP contribution in [0.3, 0.4) is 0 Å². The standard InChI is InChI=1S/C10H9FN2O3/c11-7-4-2-1-3-6(7)10(8(14)15)5-12-9(16)13-10/h1-4H,5H2,(H,14,15)(H2,12,13,16). The number of benzene rings is 1. The molecule has 0 spiro atoms. The van der Waals surface area contributed by atoms with Crippen LogP contribution >= 0.6 is 0 Å². The fourth-order valence-electron chi connectivity index (χ4n) is 1.71. The van der Waals surface area contributed by atoms with Crippen LogP contribution in [0.25, 0.3) is 0 Å². The molecule has 2 rings (SSSR count). The zero-order chi connectivity index (χ0) is 11.8. The van der Waals surface area contributed by atoms with Crippen molar-refractivity contribution in [1.29, 1.82) is 0 Å². The molecule has 1 aliphatic rings. The zero-order valence-corrected chi connectivity index (χ0v) is 8.16. The molecule has 0 radical (unpaired) electrons. The molecule has 1 saturated heterocycles. The van der Waals surface area contributed by atoms with Crippen molar-refractivity contribution in [2.24, 2.45) is 0 Å². The fraction of sp³-hybridized carbons (Fsp3) is 0.200. The Morgan fingerprint density at radius 3 is 2.62 bits per heavy atom.